The molecule has 19 heavy (non-hydrogen) atoms. The van der Waals surface area contributed by atoms with E-state index in [1.165, 1.54) is 0 Å². The van der Waals surface area contributed by atoms with Gasteiger partial charge in [-0.2, -0.15) is 24.9 Å². The van der Waals surface area contributed by atoms with Crippen molar-refractivity contribution in [1.82, 2.24) is 5.32 Å². The van der Waals surface area contributed by atoms with Crippen molar-refractivity contribution in [2.75, 3.05) is 11.5 Å². The standard InChI is InChI=1S/C13H17F4NS/c1-3-19-8-9(2)18-7-10-4-11(13(15,16)17)6-12(14)5-10/h4-6,9,18H,3,7-8H2,1-2H3. The van der Waals surface area contributed by atoms with Crippen molar-refractivity contribution < 1.29 is 17.6 Å². The summed E-state index contributed by atoms with van der Waals surface area (Å²) in [5.41, 5.74) is -0.638. The largest absolute Gasteiger partial charge is 0.416 e. The van der Waals surface area contributed by atoms with Gasteiger partial charge in [-0.1, -0.05) is 6.92 Å². The van der Waals surface area contributed by atoms with E-state index in [1.807, 2.05) is 13.8 Å². The highest BCUT2D eigenvalue weighted by molar-refractivity contribution is 7.99. The molecule has 6 heteroatoms. The molecule has 1 aromatic carbocycles. The summed E-state index contributed by atoms with van der Waals surface area (Å²) < 4.78 is 50.7. The summed E-state index contributed by atoms with van der Waals surface area (Å²) in [5.74, 6) is 1.00. The Balaban J connectivity index is 2.66. The molecule has 0 fully saturated rings. The van der Waals surface area contributed by atoms with Crippen LogP contribution in [-0.2, 0) is 12.7 Å². The average molecular weight is 295 g/mol. The molecule has 0 aliphatic heterocycles. The topological polar surface area (TPSA) is 12.0 Å². The van der Waals surface area contributed by atoms with Crippen molar-refractivity contribution >= 4 is 11.8 Å². The van der Waals surface area contributed by atoms with Gasteiger partial charge in [-0.05, 0) is 36.4 Å². The normalized spacial score (nSPS) is 13.6. The molecule has 0 saturated heterocycles. The van der Waals surface area contributed by atoms with Gasteiger partial charge in [0.15, 0.2) is 0 Å². The van der Waals surface area contributed by atoms with Gasteiger partial charge < -0.3 is 5.32 Å². The van der Waals surface area contributed by atoms with Crippen molar-refractivity contribution in [3.63, 3.8) is 0 Å². The molecule has 0 saturated carbocycles. The molecule has 0 spiro atoms. The molecular formula is C13H17F4NS. The second-order valence-electron chi connectivity index (χ2n) is 4.29. The number of alkyl halides is 3. The second-order valence-corrected chi connectivity index (χ2v) is 5.61. The maximum Gasteiger partial charge on any atom is 0.416 e. The number of nitrogens with one attached hydrogen (secondary N) is 1. The van der Waals surface area contributed by atoms with Gasteiger partial charge in [0.05, 0.1) is 5.56 Å². The van der Waals surface area contributed by atoms with Crippen LogP contribution in [0.5, 0.6) is 0 Å². The number of rotatable bonds is 6. The summed E-state index contributed by atoms with van der Waals surface area (Å²) in [6, 6.07) is 2.79. The Bertz CT molecular complexity index is 406. The van der Waals surface area contributed by atoms with E-state index in [9.17, 15) is 17.6 Å². The maximum absolute atomic E-state index is 13.2. The minimum Gasteiger partial charge on any atom is -0.309 e. The van der Waals surface area contributed by atoms with Crippen LogP contribution in [-0.4, -0.2) is 17.5 Å². The number of benzene rings is 1. The zero-order valence-corrected chi connectivity index (χ0v) is 11.7. The highest BCUT2D eigenvalue weighted by Crippen LogP contribution is 2.30. The predicted octanol–water partition coefficient (Wildman–Crippen LogP) is 4.08. The van der Waals surface area contributed by atoms with Crippen LogP contribution in [0.4, 0.5) is 17.6 Å². The van der Waals surface area contributed by atoms with E-state index in [-0.39, 0.29) is 12.6 Å². The first kappa shape index (κ1) is 16.3. The lowest BCUT2D eigenvalue weighted by Gasteiger charge is -2.14. The van der Waals surface area contributed by atoms with Crippen molar-refractivity contribution in [2.24, 2.45) is 0 Å². The zero-order valence-electron chi connectivity index (χ0n) is 10.9. The number of hydrogen-bond donors (Lipinski definition) is 1. The smallest absolute Gasteiger partial charge is 0.309 e. The lowest BCUT2D eigenvalue weighted by Crippen LogP contribution is -2.28. The predicted molar refractivity (Wildman–Crippen MR) is 70.7 cm³/mol. The lowest BCUT2D eigenvalue weighted by molar-refractivity contribution is -0.137. The molecule has 0 aliphatic carbocycles. The van der Waals surface area contributed by atoms with Crippen LogP contribution in [0.2, 0.25) is 0 Å². The first-order valence-corrected chi connectivity index (χ1v) is 7.16. The summed E-state index contributed by atoms with van der Waals surface area (Å²) >= 11 is 1.75. The summed E-state index contributed by atoms with van der Waals surface area (Å²) in [7, 11) is 0. The highest BCUT2D eigenvalue weighted by atomic mass is 32.2. The van der Waals surface area contributed by atoms with E-state index in [0.717, 1.165) is 23.6 Å². The van der Waals surface area contributed by atoms with Crippen molar-refractivity contribution in [3.05, 3.63) is 35.1 Å². The fraction of sp³-hybridized carbons (Fsp3) is 0.538. The minimum absolute atomic E-state index is 0.169. The van der Waals surface area contributed by atoms with E-state index in [0.29, 0.717) is 11.6 Å². The molecule has 0 aromatic heterocycles. The van der Waals surface area contributed by atoms with Crippen molar-refractivity contribution in [2.45, 2.75) is 32.6 Å². The van der Waals surface area contributed by atoms with Crippen molar-refractivity contribution in [1.29, 1.82) is 0 Å². The number of halogens is 4. The first-order chi connectivity index (χ1) is 8.82. The van der Waals surface area contributed by atoms with Gasteiger partial charge in [-0.25, -0.2) is 4.39 Å². The molecule has 1 unspecified atom stereocenters. The van der Waals surface area contributed by atoms with Gasteiger partial charge in [-0.15, -0.1) is 0 Å². The monoisotopic (exact) mass is 295 g/mol. The third kappa shape index (κ3) is 5.82. The summed E-state index contributed by atoms with van der Waals surface area (Å²) in [6.45, 7) is 4.22. The Morgan fingerprint density at radius 1 is 1.26 bits per heavy atom. The van der Waals surface area contributed by atoms with Gasteiger partial charge in [0.2, 0.25) is 0 Å². The van der Waals surface area contributed by atoms with Gasteiger partial charge in [0, 0.05) is 18.3 Å². The van der Waals surface area contributed by atoms with E-state index in [4.69, 9.17) is 0 Å². The van der Waals surface area contributed by atoms with Crippen LogP contribution in [0.25, 0.3) is 0 Å². The average Bonchev–Trinajstić information content (AvgIpc) is 2.32. The van der Waals surface area contributed by atoms with Gasteiger partial charge >= 0.3 is 6.18 Å². The molecule has 0 amide bonds. The fourth-order valence-electron chi connectivity index (χ4n) is 1.56. The zero-order chi connectivity index (χ0) is 14.5. The molecule has 0 bridgehead atoms. The molecule has 1 atom stereocenters. The summed E-state index contributed by atoms with van der Waals surface area (Å²) in [5, 5.41) is 3.08. The molecular weight excluding hydrogens is 278 g/mol. The Hall–Kier alpha value is -0.750. The molecule has 1 aromatic rings. The summed E-state index contributed by atoms with van der Waals surface area (Å²) in [6.07, 6.45) is -4.51. The van der Waals surface area contributed by atoms with Crippen molar-refractivity contribution in [3.8, 4) is 0 Å². The first-order valence-electron chi connectivity index (χ1n) is 6.00. The van der Waals surface area contributed by atoms with E-state index < -0.39 is 17.6 Å². The lowest BCUT2D eigenvalue weighted by atomic mass is 10.1. The van der Waals surface area contributed by atoms with E-state index in [1.54, 1.807) is 11.8 Å². The van der Waals surface area contributed by atoms with Crippen LogP contribution < -0.4 is 5.32 Å². The van der Waals surface area contributed by atoms with Gasteiger partial charge in [-0.3, -0.25) is 0 Å². The molecule has 0 heterocycles. The molecule has 1 rings (SSSR count). The third-order valence-electron chi connectivity index (χ3n) is 2.51. The van der Waals surface area contributed by atoms with Gasteiger partial charge in [0.1, 0.15) is 5.82 Å². The Morgan fingerprint density at radius 2 is 1.95 bits per heavy atom. The Morgan fingerprint density at radius 3 is 2.53 bits per heavy atom. The van der Waals surface area contributed by atoms with Crippen LogP contribution in [0.3, 0.4) is 0 Å². The van der Waals surface area contributed by atoms with Crippen LogP contribution in [0, 0.1) is 5.82 Å². The Kier molecular flexibility index (Phi) is 6.13. The minimum atomic E-state index is -4.51. The quantitative estimate of drug-likeness (QED) is 0.794. The van der Waals surface area contributed by atoms with Crippen LogP contribution in [0.1, 0.15) is 25.0 Å². The molecule has 1 nitrogen and oxygen atoms in total. The maximum atomic E-state index is 13.2. The van der Waals surface area contributed by atoms with Crippen LogP contribution >= 0.6 is 11.8 Å². The molecule has 0 aliphatic rings. The molecule has 0 radical (unpaired) electrons. The third-order valence-corrected chi connectivity index (χ3v) is 3.66. The SMILES string of the molecule is CCSCC(C)NCc1cc(F)cc(C(F)(F)F)c1. The molecule has 108 valence electrons. The fourth-order valence-corrected chi connectivity index (χ4v) is 2.27. The summed E-state index contributed by atoms with van der Waals surface area (Å²) in [4.78, 5) is 0. The molecule has 1 N–H and O–H groups in total. The Labute approximate surface area is 114 Å². The van der Waals surface area contributed by atoms with E-state index >= 15 is 0 Å². The second kappa shape index (κ2) is 7.14. The van der Waals surface area contributed by atoms with Crippen LogP contribution in [0.15, 0.2) is 18.2 Å². The highest BCUT2D eigenvalue weighted by Gasteiger charge is 2.31. The number of thioether (sulfide) groups is 1. The van der Waals surface area contributed by atoms with Gasteiger partial charge in [0.25, 0.3) is 0 Å². The van der Waals surface area contributed by atoms with E-state index in [2.05, 4.69) is 5.32 Å². The number of hydrogen-bond acceptors (Lipinski definition) is 2.